The lowest BCUT2D eigenvalue weighted by Crippen LogP contribution is -2.26. The van der Waals surface area contributed by atoms with E-state index in [0.29, 0.717) is 0 Å². The smallest absolute Gasteiger partial charge is 0.346 e. The second kappa shape index (κ2) is 2.25. The number of carboxylic acids is 1. The number of hydrogen-bond donors (Lipinski definition) is 2. The fourth-order valence-corrected chi connectivity index (χ4v) is 0.0451. The summed E-state index contributed by atoms with van der Waals surface area (Å²) in [5.74, 6) is -1.41. The molecule has 0 bridgehead atoms. The Kier molecular flexibility index (Phi) is 1.94. The first-order valence-electron chi connectivity index (χ1n) is 1.49. The lowest BCUT2D eigenvalue weighted by atomic mass is 10.6. The molecule has 0 aliphatic rings. The Balaban J connectivity index is 3.55. The van der Waals surface area contributed by atoms with E-state index >= 15 is 0 Å². The molecule has 0 fully saturated rings. The van der Waals surface area contributed by atoms with Gasteiger partial charge in [-0.05, 0) is 5.18 Å². The lowest BCUT2D eigenvalue weighted by Gasteiger charge is -1.87. The fraction of sp³-hybridized carbons (Fsp3) is 0.500. The molecule has 40 valence electrons. The number of nitroso groups, excluding NO2 is 1. The van der Waals surface area contributed by atoms with E-state index in [9.17, 15) is 9.70 Å². The summed E-state index contributed by atoms with van der Waals surface area (Å²) in [5.41, 5.74) is 4.54. The molecular weight excluding hydrogens is 100 g/mol. The zero-order valence-electron chi connectivity index (χ0n) is 3.37. The molecule has 0 saturated heterocycles. The predicted molar refractivity (Wildman–Crippen MR) is 21.4 cm³/mol. The molecule has 0 aromatic carbocycles. The summed E-state index contributed by atoms with van der Waals surface area (Å²) in [7, 11) is 0. The second-order valence-electron chi connectivity index (χ2n) is 0.888. The van der Waals surface area contributed by atoms with Crippen molar-refractivity contribution >= 4 is 5.97 Å². The minimum Gasteiger partial charge on any atom is -0.479 e. The van der Waals surface area contributed by atoms with Gasteiger partial charge in [0, 0.05) is 0 Å². The van der Waals surface area contributed by atoms with Crippen molar-refractivity contribution < 1.29 is 9.90 Å². The third-order valence-electron chi connectivity index (χ3n) is 0.367. The monoisotopic (exact) mass is 104 g/mol. The summed E-state index contributed by atoms with van der Waals surface area (Å²) >= 11 is 0. The van der Waals surface area contributed by atoms with Crippen molar-refractivity contribution in [3.8, 4) is 0 Å². The van der Waals surface area contributed by atoms with E-state index in [1.807, 2.05) is 5.18 Å². The van der Waals surface area contributed by atoms with Gasteiger partial charge in [-0.25, -0.2) is 4.79 Å². The molecule has 0 aliphatic carbocycles. The first kappa shape index (κ1) is 6.03. The molecule has 0 radical (unpaired) electrons. The van der Waals surface area contributed by atoms with E-state index in [-0.39, 0.29) is 0 Å². The van der Waals surface area contributed by atoms with E-state index in [4.69, 9.17) is 5.11 Å². The number of carbonyl (C=O) groups is 1. The summed E-state index contributed by atoms with van der Waals surface area (Å²) in [5, 5.41) is 9.78. The molecule has 0 aromatic heterocycles. The number of nitrogens with zero attached hydrogens (tertiary/aromatic N) is 1. The Morgan fingerprint density at radius 1 is 1.86 bits per heavy atom. The van der Waals surface area contributed by atoms with Crippen molar-refractivity contribution in [2.24, 2.45) is 10.9 Å². The minimum absolute atomic E-state index is 1.41. The summed E-state index contributed by atoms with van der Waals surface area (Å²) in [4.78, 5) is 18.7. The molecule has 0 amide bonds. The van der Waals surface area contributed by atoms with Gasteiger partial charge in [0.15, 0.2) is 0 Å². The van der Waals surface area contributed by atoms with Gasteiger partial charge in [0.2, 0.25) is 6.17 Å². The van der Waals surface area contributed by atoms with Crippen LogP contribution in [0, 0.1) is 4.91 Å². The highest BCUT2D eigenvalue weighted by Crippen LogP contribution is 1.74. The molecule has 1 unspecified atom stereocenters. The van der Waals surface area contributed by atoms with E-state index in [1.165, 1.54) is 0 Å². The van der Waals surface area contributed by atoms with Gasteiger partial charge in [-0.15, -0.1) is 4.91 Å². The van der Waals surface area contributed by atoms with E-state index in [2.05, 4.69) is 5.73 Å². The Morgan fingerprint density at radius 2 is 2.29 bits per heavy atom. The van der Waals surface area contributed by atoms with Gasteiger partial charge >= 0.3 is 5.97 Å². The average molecular weight is 104 g/mol. The maximum absolute atomic E-state index is 9.51. The van der Waals surface area contributed by atoms with Crippen LogP contribution >= 0.6 is 0 Å². The molecule has 3 N–H and O–H groups in total. The Morgan fingerprint density at radius 3 is 2.29 bits per heavy atom. The van der Waals surface area contributed by atoms with Gasteiger partial charge in [0.05, 0.1) is 0 Å². The highest BCUT2D eigenvalue weighted by Gasteiger charge is 2.08. The van der Waals surface area contributed by atoms with Crippen molar-refractivity contribution in [2.75, 3.05) is 0 Å². The van der Waals surface area contributed by atoms with Crippen LogP contribution in [0.1, 0.15) is 0 Å². The molecule has 7 heavy (non-hydrogen) atoms. The van der Waals surface area contributed by atoms with Crippen LogP contribution in [0.2, 0.25) is 0 Å². The Labute approximate surface area is 39.1 Å². The summed E-state index contributed by atoms with van der Waals surface area (Å²) in [6.07, 6.45) is -1.61. The molecule has 0 saturated carbocycles. The molecule has 5 heteroatoms. The van der Waals surface area contributed by atoms with Crippen LogP contribution < -0.4 is 5.73 Å². The van der Waals surface area contributed by atoms with E-state index < -0.39 is 12.1 Å². The standard InChI is InChI=1S/C2H4N2O3/c3-1(4-7)2(5)6/h1H,3H2,(H,5,6). The van der Waals surface area contributed by atoms with Gasteiger partial charge in [-0.3, -0.25) is 5.73 Å². The highest BCUT2D eigenvalue weighted by atomic mass is 16.4. The number of rotatable bonds is 2. The Bertz CT molecular complexity index is 90.9. The average Bonchev–Trinajstić information content (AvgIpc) is 1.65. The van der Waals surface area contributed by atoms with Crippen LogP contribution in [0.5, 0.6) is 0 Å². The van der Waals surface area contributed by atoms with E-state index in [0.717, 1.165) is 0 Å². The second-order valence-corrected chi connectivity index (χ2v) is 0.888. The normalized spacial score (nSPS) is 12.7. The molecule has 0 spiro atoms. The van der Waals surface area contributed by atoms with Crippen molar-refractivity contribution in [1.82, 2.24) is 0 Å². The fourth-order valence-electron chi connectivity index (χ4n) is 0.0451. The largest absolute Gasteiger partial charge is 0.479 e. The minimum atomic E-state index is -1.61. The number of carboxylic acid groups (broad SMARTS) is 1. The summed E-state index contributed by atoms with van der Waals surface area (Å²) in [6.45, 7) is 0. The van der Waals surface area contributed by atoms with Gasteiger partial charge in [0.25, 0.3) is 0 Å². The van der Waals surface area contributed by atoms with E-state index in [1.54, 1.807) is 0 Å². The molecule has 0 rings (SSSR count). The molecule has 0 heterocycles. The predicted octanol–water partition coefficient (Wildman–Crippen LogP) is -0.878. The number of hydrogen-bond acceptors (Lipinski definition) is 4. The Hall–Kier alpha value is -0.970. The van der Waals surface area contributed by atoms with Crippen molar-refractivity contribution in [2.45, 2.75) is 6.17 Å². The van der Waals surface area contributed by atoms with Gasteiger partial charge < -0.3 is 5.11 Å². The maximum Gasteiger partial charge on any atom is 0.346 e. The van der Waals surface area contributed by atoms with Crippen LogP contribution in [-0.2, 0) is 4.79 Å². The van der Waals surface area contributed by atoms with Gasteiger partial charge in [-0.1, -0.05) is 0 Å². The first-order valence-corrected chi connectivity index (χ1v) is 1.49. The molecular formula is C2H4N2O3. The molecule has 1 atom stereocenters. The van der Waals surface area contributed by atoms with Crippen molar-refractivity contribution in [3.63, 3.8) is 0 Å². The molecule has 5 nitrogen and oxygen atoms in total. The SMILES string of the molecule is NC(N=O)C(=O)O. The van der Waals surface area contributed by atoms with Gasteiger partial charge in [-0.2, -0.15) is 0 Å². The topological polar surface area (TPSA) is 92.8 Å². The zero-order chi connectivity index (χ0) is 5.86. The van der Waals surface area contributed by atoms with Gasteiger partial charge in [0.1, 0.15) is 0 Å². The third-order valence-corrected chi connectivity index (χ3v) is 0.367. The van der Waals surface area contributed by atoms with Crippen LogP contribution in [0.4, 0.5) is 0 Å². The third kappa shape index (κ3) is 1.83. The summed E-state index contributed by atoms with van der Waals surface area (Å²) in [6, 6.07) is 0. The summed E-state index contributed by atoms with van der Waals surface area (Å²) < 4.78 is 0. The quantitative estimate of drug-likeness (QED) is 0.445. The van der Waals surface area contributed by atoms with Crippen LogP contribution in [0.15, 0.2) is 5.18 Å². The van der Waals surface area contributed by atoms with Crippen molar-refractivity contribution in [1.29, 1.82) is 0 Å². The van der Waals surface area contributed by atoms with Crippen molar-refractivity contribution in [3.05, 3.63) is 4.91 Å². The molecule has 0 aliphatic heterocycles. The number of nitrogens with two attached hydrogens (primary N) is 1. The lowest BCUT2D eigenvalue weighted by molar-refractivity contribution is -0.138. The zero-order valence-corrected chi connectivity index (χ0v) is 3.37. The van der Waals surface area contributed by atoms with Crippen LogP contribution in [0.25, 0.3) is 0 Å². The first-order chi connectivity index (χ1) is 3.18. The maximum atomic E-state index is 9.51. The highest BCUT2D eigenvalue weighted by molar-refractivity contribution is 5.72. The van der Waals surface area contributed by atoms with Crippen LogP contribution in [0.3, 0.4) is 0 Å². The molecule has 0 aromatic rings. The van der Waals surface area contributed by atoms with Crippen LogP contribution in [-0.4, -0.2) is 17.2 Å². The number of aliphatic carboxylic acids is 1.